The van der Waals surface area contributed by atoms with Crippen molar-refractivity contribution in [1.29, 1.82) is 0 Å². The summed E-state index contributed by atoms with van der Waals surface area (Å²) in [5.41, 5.74) is 1.78. The molecule has 0 radical (unpaired) electrons. The van der Waals surface area contributed by atoms with Crippen LogP contribution >= 0.6 is 0 Å². The van der Waals surface area contributed by atoms with Gasteiger partial charge in [-0.2, -0.15) is 0 Å². The normalized spacial score (nSPS) is 13.1. The molecule has 2 aromatic rings. The standard InChI is InChI=1S/C17H16N2O3/c20-16(7-6-13-3-2-8-18-11-13)19-12-14-4-1-5-15-17(14)22-10-9-21-15/h1-8,11H,9-10,12H2,(H,19,20). The Morgan fingerprint density at radius 1 is 1.23 bits per heavy atom. The van der Waals surface area contributed by atoms with Gasteiger partial charge in [-0.1, -0.05) is 18.2 Å². The van der Waals surface area contributed by atoms with Crippen LogP contribution in [0.3, 0.4) is 0 Å². The van der Waals surface area contributed by atoms with Crippen LogP contribution in [0.15, 0.2) is 48.8 Å². The van der Waals surface area contributed by atoms with Gasteiger partial charge in [-0.3, -0.25) is 9.78 Å². The smallest absolute Gasteiger partial charge is 0.244 e. The molecule has 3 rings (SSSR count). The molecule has 0 aliphatic carbocycles. The number of para-hydroxylation sites is 1. The number of nitrogens with zero attached hydrogens (tertiary/aromatic N) is 1. The summed E-state index contributed by atoms with van der Waals surface area (Å²) in [7, 11) is 0. The van der Waals surface area contributed by atoms with Gasteiger partial charge in [-0.15, -0.1) is 0 Å². The first-order chi connectivity index (χ1) is 10.8. The van der Waals surface area contributed by atoms with E-state index in [1.54, 1.807) is 18.5 Å². The van der Waals surface area contributed by atoms with Crippen LogP contribution in [-0.2, 0) is 11.3 Å². The van der Waals surface area contributed by atoms with Crippen molar-refractivity contribution in [1.82, 2.24) is 10.3 Å². The average molecular weight is 296 g/mol. The fraction of sp³-hybridized carbons (Fsp3) is 0.176. The Balaban J connectivity index is 1.61. The quantitative estimate of drug-likeness (QED) is 0.879. The van der Waals surface area contributed by atoms with Crippen molar-refractivity contribution in [3.8, 4) is 11.5 Å². The molecule has 1 aliphatic heterocycles. The zero-order valence-electron chi connectivity index (χ0n) is 12.0. The number of aromatic nitrogens is 1. The Morgan fingerprint density at radius 2 is 2.14 bits per heavy atom. The molecule has 1 N–H and O–H groups in total. The third-order valence-corrected chi connectivity index (χ3v) is 3.21. The zero-order chi connectivity index (χ0) is 15.2. The van der Waals surface area contributed by atoms with Crippen LogP contribution in [0.25, 0.3) is 6.08 Å². The van der Waals surface area contributed by atoms with Gasteiger partial charge in [0.2, 0.25) is 5.91 Å². The monoisotopic (exact) mass is 296 g/mol. The molecule has 5 heteroatoms. The first-order valence-corrected chi connectivity index (χ1v) is 7.06. The summed E-state index contributed by atoms with van der Waals surface area (Å²) in [5, 5.41) is 2.84. The molecule has 5 nitrogen and oxygen atoms in total. The number of nitrogens with one attached hydrogen (secondary N) is 1. The third kappa shape index (κ3) is 3.44. The second-order valence-electron chi connectivity index (χ2n) is 4.78. The number of pyridine rings is 1. The molecule has 1 aliphatic rings. The second kappa shape index (κ2) is 6.76. The summed E-state index contributed by atoms with van der Waals surface area (Å²) in [6.45, 7) is 1.47. The number of fused-ring (bicyclic) bond motifs is 1. The molecule has 0 fully saturated rings. The van der Waals surface area contributed by atoms with Gasteiger partial charge in [0.1, 0.15) is 13.2 Å². The van der Waals surface area contributed by atoms with Crippen LogP contribution in [0, 0.1) is 0 Å². The van der Waals surface area contributed by atoms with Crippen LogP contribution in [-0.4, -0.2) is 24.1 Å². The van der Waals surface area contributed by atoms with Crippen LogP contribution in [0.4, 0.5) is 0 Å². The van der Waals surface area contributed by atoms with Gasteiger partial charge in [-0.25, -0.2) is 0 Å². The number of carbonyl (C=O) groups is 1. The van der Waals surface area contributed by atoms with E-state index in [4.69, 9.17) is 9.47 Å². The van der Waals surface area contributed by atoms with Gasteiger partial charge in [0.15, 0.2) is 11.5 Å². The summed E-state index contributed by atoms with van der Waals surface area (Å²) < 4.78 is 11.1. The first-order valence-electron chi connectivity index (χ1n) is 7.06. The van der Waals surface area contributed by atoms with Gasteiger partial charge in [0, 0.05) is 30.6 Å². The minimum absolute atomic E-state index is 0.168. The number of carbonyl (C=O) groups excluding carboxylic acids is 1. The van der Waals surface area contributed by atoms with Gasteiger partial charge < -0.3 is 14.8 Å². The van der Waals surface area contributed by atoms with Crippen molar-refractivity contribution in [2.24, 2.45) is 0 Å². The lowest BCUT2D eigenvalue weighted by atomic mass is 10.1. The van der Waals surface area contributed by atoms with Gasteiger partial charge in [0.25, 0.3) is 0 Å². The Hall–Kier alpha value is -2.82. The molecule has 22 heavy (non-hydrogen) atoms. The number of amides is 1. The molecule has 112 valence electrons. The highest BCUT2D eigenvalue weighted by molar-refractivity contribution is 5.91. The molecule has 0 spiro atoms. The third-order valence-electron chi connectivity index (χ3n) is 3.21. The molecule has 1 aromatic heterocycles. The minimum atomic E-state index is -0.168. The average Bonchev–Trinajstić information content (AvgIpc) is 2.59. The lowest BCUT2D eigenvalue weighted by Crippen LogP contribution is -2.22. The molecule has 1 amide bonds. The highest BCUT2D eigenvalue weighted by atomic mass is 16.6. The highest BCUT2D eigenvalue weighted by Crippen LogP contribution is 2.33. The molecular weight excluding hydrogens is 280 g/mol. The SMILES string of the molecule is O=C(C=Cc1cccnc1)NCc1cccc2c1OCCO2. The number of hydrogen-bond acceptors (Lipinski definition) is 4. The van der Waals surface area contributed by atoms with E-state index in [1.807, 2.05) is 30.3 Å². The number of ether oxygens (including phenoxy) is 2. The van der Waals surface area contributed by atoms with Crippen molar-refractivity contribution < 1.29 is 14.3 Å². The van der Waals surface area contributed by atoms with E-state index in [-0.39, 0.29) is 5.91 Å². The maximum Gasteiger partial charge on any atom is 0.244 e. The molecule has 2 heterocycles. The summed E-state index contributed by atoms with van der Waals surface area (Å²) in [4.78, 5) is 15.9. The summed E-state index contributed by atoms with van der Waals surface area (Å²) in [5.74, 6) is 1.27. The van der Waals surface area contributed by atoms with E-state index in [2.05, 4.69) is 10.3 Å². The van der Waals surface area contributed by atoms with E-state index >= 15 is 0 Å². The zero-order valence-corrected chi connectivity index (χ0v) is 12.0. The van der Waals surface area contributed by atoms with Crippen LogP contribution in [0.2, 0.25) is 0 Å². The molecule has 1 aromatic carbocycles. The van der Waals surface area contributed by atoms with E-state index in [1.165, 1.54) is 6.08 Å². The Bertz CT molecular complexity index is 684. The van der Waals surface area contributed by atoms with Crippen molar-refractivity contribution in [3.05, 3.63) is 59.9 Å². The van der Waals surface area contributed by atoms with E-state index in [0.717, 1.165) is 16.9 Å². The summed E-state index contributed by atoms with van der Waals surface area (Å²) >= 11 is 0. The molecule has 0 unspecified atom stereocenters. The van der Waals surface area contributed by atoms with Crippen molar-refractivity contribution in [2.45, 2.75) is 6.54 Å². The van der Waals surface area contributed by atoms with Crippen molar-refractivity contribution in [2.75, 3.05) is 13.2 Å². The topological polar surface area (TPSA) is 60.5 Å². The summed E-state index contributed by atoms with van der Waals surface area (Å²) in [6.07, 6.45) is 6.60. The predicted octanol–water partition coefficient (Wildman–Crippen LogP) is 2.18. The first kappa shape index (κ1) is 14.1. The van der Waals surface area contributed by atoms with E-state index in [9.17, 15) is 4.79 Å². The number of hydrogen-bond donors (Lipinski definition) is 1. The van der Waals surface area contributed by atoms with Gasteiger partial charge in [0.05, 0.1) is 0 Å². The van der Waals surface area contributed by atoms with Crippen LogP contribution < -0.4 is 14.8 Å². The van der Waals surface area contributed by atoms with Crippen molar-refractivity contribution in [3.63, 3.8) is 0 Å². The van der Waals surface area contributed by atoms with Gasteiger partial charge in [-0.05, 0) is 23.8 Å². The summed E-state index contributed by atoms with van der Waals surface area (Å²) in [6, 6.07) is 9.38. The molecule has 0 saturated heterocycles. The molecular formula is C17H16N2O3. The largest absolute Gasteiger partial charge is 0.486 e. The predicted molar refractivity (Wildman–Crippen MR) is 82.5 cm³/mol. The maximum absolute atomic E-state index is 11.9. The fourth-order valence-electron chi connectivity index (χ4n) is 2.16. The fourth-order valence-corrected chi connectivity index (χ4v) is 2.16. The lowest BCUT2D eigenvalue weighted by molar-refractivity contribution is -0.116. The number of rotatable bonds is 4. The lowest BCUT2D eigenvalue weighted by Gasteiger charge is -2.20. The molecule has 0 saturated carbocycles. The molecule has 0 atom stereocenters. The second-order valence-corrected chi connectivity index (χ2v) is 4.78. The van der Waals surface area contributed by atoms with Crippen molar-refractivity contribution >= 4 is 12.0 Å². The Labute approximate surface area is 128 Å². The number of benzene rings is 1. The van der Waals surface area contributed by atoms with E-state index < -0.39 is 0 Å². The Morgan fingerprint density at radius 3 is 3.00 bits per heavy atom. The Kier molecular flexibility index (Phi) is 4.34. The van der Waals surface area contributed by atoms with Crippen LogP contribution in [0.5, 0.6) is 11.5 Å². The van der Waals surface area contributed by atoms with Gasteiger partial charge >= 0.3 is 0 Å². The van der Waals surface area contributed by atoms with E-state index in [0.29, 0.717) is 25.5 Å². The highest BCUT2D eigenvalue weighted by Gasteiger charge is 2.15. The molecule has 0 bridgehead atoms. The van der Waals surface area contributed by atoms with Crippen LogP contribution in [0.1, 0.15) is 11.1 Å². The minimum Gasteiger partial charge on any atom is -0.486 e. The maximum atomic E-state index is 11.9.